The molecule has 0 heterocycles. The summed E-state index contributed by atoms with van der Waals surface area (Å²) < 4.78 is 40.4. The van der Waals surface area contributed by atoms with Crippen LogP contribution in [0.25, 0.3) is 0 Å². The lowest BCUT2D eigenvalue weighted by Gasteiger charge is -2.13. The van der Waals surface area contributed by atoms with Crippen molar-refractivity contribution < 1.29 is 16.8 Å². The van der Waals surface area contributed by atoms with Crippen LogP contribution in [0, 0.1) is 6.92 Å². The molecule has 124 valence electrons. The van der Waals surface area contributed by atoms with Crippen LogP contribution in [0.4, 0.5) is 0 Å². The first-order valence-corrected chi connectivity index (χ1v) is 11.1. The first kappa shape index (κ1) is 19.1. The van der Waals surface area contributed by atoms with E-state index in [4.69, 9.17) is 4.18 Å². The molecule has 23 heavy (non-hydrogen) atoms. The Morgan fingerprint density at radius 2 is 1.48 bits per heavy atom. The lowest BCUT2D eigenvalue weighted by atomic mass is 10.2. The van der Waals surface area contributed by atoms with Crippen molar-refractivity contribution in [1.82, 2.24) is 0 Å². The molecule has 0 aliphatic carbocycles. The third kappa shape index (κ3) is 4.66. The number of benzene rings is 2. The summed E-state index contributed by atoms with van der Waals surface area (Å²) in [6.07, 6.45) is 0. The van der Waals surface area contributed by atoms with E-state index >= 15 is 0 Å². The topological polar surface area (TPSA) is 60.4 Å². The minimum Gasteiger partial charge on any atom is -0.397 e. The third-order valence-corrected chi connectivity index (χ3v) is 9.16. The minimum absolute atomic E-state index is 0.0802. The zero-order valence-electron chi connectivity index (χ0n) is 11.7. The molecule has 2 rings (SSSR count). The van der Waals surface area contributed by atoms with E-state index in [0.29, 0.717) is 10.6 Å². The van der Waals surface area contributed by atoms with Crippen LogP contribution < -0.4 is 4.18 Å². The smallest absolute Gasteiger partial charge is 0.240 e. The zero-order valence-corrected chi connectivity index (χ0v) is 18.1. The first-order valence-electron chi connectivity index (χ1n) is 6.19. The molecule has 0 aromatic heterocycles. The van der Waals surface area contributed by atoms with Gasteiger partial charge in [0.1, 0.15) is 5.75 Å². The second-order valence-electron chi connectivity index (χ2n) is 4.55. The second kappa shape index (κ2) is 7.35. The zero-order chi connectivity index (χ0) is 17.3. The molecule has 0 radical (unpaired) electrons. The van der Waals surface area contributed by atoms with E-state index in [0.717, 1.165) is 5.56 Å². The molecule has 1 atom stereocenters. The van der Waals surface area contributed by atoms with Crippen LogP contribution in [-0.4, -0.2) is 14.1 Å². The molecule has 0 spiro atoms. The van der Waals surface area contributed by atoms with Crippen molar-refractivity contribution in [2.24, 2.45) is 0 Å². The van der Waals surface area contributed by atoms with Gasteiger partial charge in [-0.1, -0.05) is 17.7 Å². The van der Waals surface area contributed by atoms with E-state index in [1.807, 2.05) is 19.1 Å². The summed E-state index contributed by atoms with van der Waals surface area (Å²) in [6.45, 7) is 1.93. The van der Waals surface area contributed by atoms with E-state index in [1.54, 1.807) is 12.1 Å². The lowest BCUT2D eigenvalue weighted by molar-refractivity contribution is 0.561. The third-order valence-electron chi connectivity index (χ3n) is 2.82. The molecule has 2 aromatic carbocycles. The highest BCUT2D eigenvalue weighted by molar-refractivity contribution is 9.42. The summed E-state index contributed by atoms with van der Waals surface area (Å²) >= 11 is 7.33. The molecule has 2 aromatic rings. The van der Waals surface area contributed by atoms with Crippen LogP contribution in [0.2, 0.25) is 0 Å². The summed E-state index contributed by atoms with van der Waals surface area (Å²) in [7, 11) is -3.66. The predicted molar refractivity (Wildman–Crippen MR) is 101 cm³/mol. The average Bonchev–Trinajstić information content (AvgIpc) is 2.47. The molecular weight excluding hydrogens is 536 g/mol. The SMILES string of the molecule is Cc1ccc(S(=O)Oc2ccc(S(=O)(=O)C(Br)(Br)Br)cc2)cc1. The van der Waals surface area contributed by atoms with Crippen LogP contribution in [0.5, 0.6) is 5.75 Å². The van der Waals surface area contributed by atoms with Crippen molar-refractivity contribution in [2.45, 2.75) is 18.2 Å². The van der Waals surface area contributed by atoms with E-state index in [9.17, 15) is 12.6 Å². The van der Waals surface area contributed by atoms with E-state index in [2.05, 4.69) is 47.8 Å². The summed E-state index contributed by atoms with van der Waals surface area (Å²) in [6, 6.07) is 12.8. The van der Waals surface area contributed by atoms with E-state index in [1.165, 1.54) is 24.3 Å². The molecule has 0 fully saturated rings. The second-order valence-corrected chi connectivity index (χ2v) is 16.1. The predicted octanol–water partition coefficient (Wildman–Crippen LogP) is 4.67. The molecule has 0 amide bonds. The Kier molecular flexibility index (Phi) is 6.10. The number of rotatable bonds is 4. The maximum absolute atomic E-state index is 12.2. The van der Waals surface area contributed by atoms with Crippen molar-refractivity contribution >= 4 is 68.7 Å². The van der Waals surface area contributed by atoms with Crippen molar-refractivity contribution in [3.63, 3.8) is 0 Å². The van der Waals surface area contributed by atoms with Gasteiger partial charge in [0.2, 0.25) is 22.4 Å². The van der Waals surface area contributed by atoms with Gasteiger partial charge in [-0.05, 0) is 91.1 Å². The van der Waals surface area contributed by atoms with Gasteiger partial charge in [0.25, 0.3) is 0 Å². The summed E-state index contributed by atoms with van der Waals surface area (Å²) in [5.74, 6) is 0.312. The molecule has 0 saturated carbocycles. The summed E-state index contributed by atoms with van der Waals surface area (Å²) in [5.41, 5.74) is 1.06. The number of halogens is 3. The number of aryl methyl sites for hydroxylation is 1. The van der Waals surface area contributed by atoms with Gasteiger partial charge in [0.05, 0.1) is 9.79 Å². The van der Waals surface area contributed by atoms with Gasteiger partial charge in [-0.3, -0.25) is 0 Å². The lowest BCUT2D eigenvalue weighted by Crippen LogP contribution is -2.17. The molecule has 0 aliphatic heterocycles. The Hall–Kier alpha value is -0.220. The van der Waals surface area contributed by atoms with Gasteiger partial charge in [-0.2, -0.15) is 0 Å². The quantitative estimate of drug-likeness (QED) is 0.523. The van der Waals surface area contributed by atoms with Gasteiger partial charge >= 0.3 is 0 Å². The van der Waals surface area contributed by atoms with Gasteiger partial charge in [0, 0.05) is 0 Å². The monoisotopic (exact) mass is 544 g/mol. The average molecular weight is 547 g/mol. The Balaban J connectivity index is 2.18. The van der Waals surface area contributed by atoms with E-state index < -0.39 is 22.4 Å². The molecule has 0 saturated heterocycles. The van der Waals surface area contributed by atoms with E-state index in [-0.39, 0.29) is 4.90 Å². The van der Waals surface area contributed by atoms with Crippen LogP contribution in [0.3, 0.4) is 0 Å². The van der Waals surface area contributed by atoms with Gasteiger partial charge in [-0.25, -0.2) is 12.6 Å². The summed E-state index contributed by atoms with van der Waals surface area (Å²) in [5, 5.41) is 0. The number of alkyl halides is 3. The Bertz CT molecular complexity index is 811. The Morgan fingerprint density at radius 1 is 0.957 bits per heavy atom. The minimum atomic E-state index is -3.66. The Morgan fingerprint density at radius 3 is 1.96 bits per heavy atom. The molecule has 4 nitrogen and oxygen atoms in total. The highest BCUT2D eigenvalue weighted by Gasteiger charge is 2.37. The molecule has 1 unspecified atom stereocenters. The van der Waals surface area contributed by atoms with Crippen molar-refractivity contribution in [1.29, 1.82) is 0 Å². The van der Waals surface area contributed by atoms with Crippen LogP contribution in [0.15, 0.2) is 58.3 Å². The van der Waals surface area contributed by atoms with Crippen molar-refractivity contribution in [2.75, 3.05) is 0 Å². The molecule has 0 bridgehead atoms. The van der Waals surface area contributed by atoms with Crippen LogP contribution in [-0.2, 0) is 20.9 Å². The van der Waals surface area contributed by atoms with Gasteiger partial charge in [-0.15, -0.1) is 0 Å². The fourth-order valence-electron chi connectivity index (χ4n) is 1.59. The maximum Gasteiger partial charge on any atom is 0.240 e. The molecule has 0 N–H and O–H groups in total. The highest BCUT2D eigenvalue weighted by atomic mass is 80.0. The number of hydrogen-bond donors (Lipinski definition) is 0. The summed E-state index contributed by atoms with van der Waals surface area (Å²) in [4.78, 5) is 0.615. The molecule has 9 heteroatoms. The fraction of sp³-hybridized carbons (Fsp3) is 0.143. The highest BCUT2D eigenvalue weighted by Crippen LogP contribution is 2.43. The molecule has 0 aliphatic rings. The largest absolute Gasteiger partial charge is 0.397 e. The molecular formula is C14H11Br3O4S2. The van der Waals surface area contributed by atoms with Crippen LogP contribution >= 0.6 is 47.8 Å². The van der Waals surface area contributed by atoms with Crippen molar-refractivity contribution in [3.8, 4) is 5.75 Å². The van der Waals surface area contributed by atoms with Gasteiger partial charge < -0.3 is 4.18 Å². The number of hydrogen-bond acceptors (Lipinski definition) is 4. The normalized spacial score (nSPS) is 13.6. The fourth-order valence-corrected chi connectivity index (χ4v) is 4.78. The van der Waals surface area contributed by atoms with Gasteiger partial charge in [0.15, 0.2) is 0 Å². The Labute approximate surface area is 162 Å². The standard InChI is InChI=1S/C14H11Br3O4S2/c1-10-2-6-12(7-3-10)22(18)21-11-4-8-13(9-5-11)23(19,20)14(15,16)17/h2-9H,1H3. The first-order chi connectivity index (χ1) is 10.6. The van der Waals surface area contributed by atoms with Crippen LogP contribution in [0.1, 0.15) is 5.56 Å². The van der Waals surface area contributed by atoms with Crippen molar-refractivity contribution in [3.05, 3.63) is 54.1 Å². The number of sulfone groups is 1. The maximum atomic E-state index is 12.2.